The molecular formula is C10H15NO. The molecule has 0 fully saturated rings. The largest absolute Gasteiger partial charge is 0.495 e. The first-order valence-electron chi connectivity index (χ1n) is 3.69. The Morgan fingerprint density at radius 3 is 2.33 bits per heavy atom. The minimum Gasteiger partial charge on any atom is -0.495 e. The van der Waals surface area contributed by atoms with Crippen LogP contribution in [0.25, 0.3) is 0 Å². The molecule has 0 aromatic carbocycles. The van der Waals surface area contributed by atoms with Gasteiger partial charge in [-0.2, -0.15) is 0 Å². The second-order valence-electron chi connectivity index (χ2n) is 2.49. The lowest BCUT2D eigenvalue weighted by Crippen LogP contribution is -1.90. The monoisotopic (exact) mass is 165 g/mol. The Morgan fingerprint density at radius 1 is 1.42 bits per heavy atom. The summed E-state index contributed by atoms with van der Waals surface area (Å²) in [5.74, 6) is 0.577. The summed E-state index contributed by atoms with van der Waals surface area (Å²) < 4.78 is 4.97. The van der Waals surface area contributed by atoms with E-state index in [2.05, 4.69) is 18.2 Å². The summed E-state index contributed by atoms with van der Waals surface area (Å²) in [7, 11) is 1.58. The maximum atomic E-state index is 4.97. The number of aliphatic imine (C=N–C) groups is 1. The number of allylic oxidation sites excluding steroid dienone is 2. The fourth-order valence-corrected chi connectivity index (χ4v) is 0.704. The molecule has 2 nitrogen and oxygen atoms in total. The van der Waals surface area contributed by atoms with Crippen molar-refractivity contribution < 1.29 is 4.74 Å². The van der Waals surface area contributed by atoms with E-state index in [0.717, 1.165) is 11.3 Å². The van der Waals surface area contributed by atoms with E-state index in [1.165, 1.54) is 0 Å². The number of hydrogen-bond acceptors (Lipinski definition) is 2. The van der Waals surface area contributed by atoms with Crippen molar-refractivity contribution in [2.45, 2.75) is 13.8 Å². The van der Waals surface area contributed by atoms with Crippen molar-refractivity contribution in [3.05, 3.63) is 36.3 Å². The molecule has 0 rings (SSSR count). The first kappa shape index (κ1) is 10.7. The third-order valence-corrected chi connectivity index (χ3v) is 1.29. The van der Waals surface area contributed by atoms with Gasteiger partial charge in [-0.3, -0.25) is 4.99 Å². The van der Waals surface area contributed by atoms with E-state index >= 15 is 0 Å². The Bertz CT molecular complexity index is 232. The molecule has 0 aliphatic heterocycles. The molecule has 0 unspecified atom stereocenters. The van der Waals surface area contributed by atoms with Crippen molar-refractivity contribution in [2.24, 2.45) is 4.99 Å². The van der Waals surface area contributed by atoms with Crippen molar-refractivity contribution in [3.63, 3.8) is 0 Å². The zero-order valence-corrected chi connectivity index (χ0v) is 7.92. The van der Waals surface area contributed by atoms with Gasteiger partial charge in [-0.15, -0.1) is 0 Å². The van der Waals surface area contributed by atoms with Crippen molar-refractivity contribution in [2.75, 3.05) is 7.11 Å². The van der Waals surface area contributed by atoms with Gasteiger partial charge in [0.15, 0.2) is 0 Å². The number of rotatable bonds is 4. The van der Waals surface area contributed by atoms with Gasteiger partial charge in [-0.05, 0) is 19.4 Å². The second kappa shape index (κ2) is 5.35. The van der Waals surface area contributed by atoms with Crippen molar-refractivity contribution in [3.8, 4) is 0 Å². The number of nitrogens with zero attached hydrogens (tertiary/aromatic N) is 1. The minimum atomic E-state index is 0.577. The lowest BCUT2D eigenvalue weighted by molar-refractivity contribution is 0.301. The molecule has 0 aliphatic carbocycles. The maximum Gasteiger partial charge on any atom is 0.137 e. The van der Waals surface area contributed by atoms with Crippen LogP contribution in [-0.2, 0) is 4.74 Å². The highest BCUT2D eigenvalue weighted by molar-refractivity contribution is 5.71. The third-order valence-electron chi connectivity index (χ3n) is 1.29. The van der Waals surface area contributed by atoms with Gasteiger partial charge in [0.25, 0.3) is 0 Å². The molecule has 0 aromatic heterocycles. The highest BCUT2D eigenvalue weighted by Crippen LogP contribution is 2.14. The van der Waals surface area contributed by atoms with E-state index in [1.807, 2.05) is 13.8 Å². The molecule has 0 heterocycles. The smallest absolute Gasteiger partial charge is 0.137 e. The fourth-order valence-electron chi connectivity index (χ4n) is 0.704. The first-order chi connectivity index (χ1) is 5.63. The Hall–Kier alpha value is -1.31. The molecule has 0 saturated heterocycles. The average Bonchev–Trinajstić information content (AvgIpc) is 2.04. The molecule has 0 radical (unpaired) electrons. The molecule has 0 saturated carbocycles. The summed E-state index contributed by atoms with van der Waals surface area (Å²) in [6, 6.07) is 0. The van der Waals surface area contributed by atoms with Gasteiger partial charge in [-0.1, -0.05) is 19.2 Å². The molecule has 0 atom stereocenters. The van der Waals surface area contributed by atoms with E-state index in [-0.39, 0.29) is 0 Å². The molecule has 66 valence electrons. The first-order valence-corrected chi connectivity index (χ1v) is 3.69. The van der Waals surface area contributed by atoms with E-state index in [1.54, 1.807) is 19.4 Å². The molecule has 0 aliphatic rings. The van der Waals surface area contributed by atoms with Crippen molar-refractivity contribution in [1.29, 1.82) is 0 Å². The molecular weight excluding hydrogens is 150 g/mol. The lowest BCUT2D eigenvalue weighted by atomic mass is 10.2. The SMILES string of the molecule is C=CC=NC(C(=C)OC)=C(C)C. The van der Waals surface area contributed by atoms with Crippen LogP contribution in [0, 0.1) is 0 Å². The summed E-state index contributed by atoms with van der Waals surface area (Å²) in [5, 5.41) is 0. The zero-order chi connectivity index (χ0) is 9.56. The van der Waals surface area contributed by atoms with Gasteiger partial charge < -0.3 is 4.74 Å². The zero-order valence-electron chi connectivity index (χ0n) is 7.92. The predicted molar refractivity (Wildman–Crippen MR) is 53.2 cm³/mol. The standard InChI is InChI=1S/C10H15NO/c1-6-7-11-10(8(2)3)9(4)12-5/h6-7H,1,4H2,2-3,5H3. The van der Waals surface area contributed by atoms with E-state index in [0.29, 0.717) is 5.76 Å². The molecule has 12 heavy (non-hydrogen) atoms. The summed E-state index contributed by atoms with van der Waals surface area (Å²) in [5.41, 5.74) is 1.84. The van der Waals surface area contributed by atoms with Crippen LogP contribution < -0.4 is 0 Å². The highest BCUT2D eigenvalue weighted by atomic mass is 16.5. The van der Waals surface area contributed by atoms with Gasteiger partial charge in [0.05, 0.1) is 7.11 Å². The van der Waals surface area contributed by atoms with Gasteiger partial charge in [0, 0.05) is 6.21 Å². The molecule has 0 N–H and O–H groups in total. The van der Waals surface area contributed by atoms with Crippen LogP contribution in [0.15, 0.2) is 41.3 Å². The Kier molecular flexibility index (Phi) is 4.77. The predicted octanol–water partition coefficient (Wildman–Crippen LogP) is 2.70. The lowest BCUT2D eigenvalue weighted by Gasteiger charge is -2.05. The average molecular weight is 165 g/mol. The summed E-state index contributed by atoms with van der Waals surface area (Å²) >= 11 is 0. The number of methoxy groups -OCH3 is 1. The van der Waals surface area contributed by atoms with Crippen LogP contribution in [-0.4, -0.2) is 13.3 Å². The Morgan fingerprint density at radius 2 is 2.00 bits per heavy atom. The fraction of sp³-hybridized carbons (Fsp3) is 0.300. The summed E-state index contributed by atoms with van der Waals surface area (Å²) in [6.07, 6.45) is 3.23. The second-order valence-corrected chi connectivity index (χ2v) is 2.49. The summed E-state index contributed by atoms with van der Waals surface area (Å²) in [6.45, 7) is 11.2. The quantitative estimate of drug-likeness (QED) is 0.356. The van der Waals surface area contributed by atoms with Gasteiger partial charge in [0.2, 0.25) is 0 Å². The highest BCUT2D eigenvalue weighted by Gasteiger charge is 2.00. The van der Waals surface area contributed by atoms with E-state index in [9.17, 15) is 0 Å². The van der Waals surface area contributed by atoms with Crippen LogP contribution in [0.2, 0.25) is 0 Å². The van der Waals surface area contributed by atoms with Crippen molar-refractivity contribution in [1.82, 2.24) is 0 Å². The minimum absolute atomic E-state index is 0.577. The van der Waals surface area contributed by atoms with E-state index < -0.39 is 0 Å². The van der Waals surface area contributed by atoms with Crippen LogP contribution in [0.5, 0.6) is 0 Å². The normalized spacial score (nSPS) is 9.58. The van der Waals surface area contributed by atoms with Crippen molar-refractivity contribution >= 4 is 6.21 Å². The molecule has 0 spiro atoms. The van der Waals surface area contributed by atoms with Gasteiger partial charge in [0.1, 0.15) is 11.5 Å². The van der Waals surface area contributed by atoms with Crippen LogP contribution in [0.1, 0.15) is 13.8 Å². The molecule has 0 amide bonds. The molecule has 0 bridgehead atoms. The molecule has 2 heteroatoms. The third kappa shape index (κ3) is 3.19. The van der Waals surface area contributed by atoms with Gasteiger partial charge >= 0.3 is 0 Å². The topological polar surface area (TPSA) is 21.6 Å². The summed E-state index contributed by atoms with van der Waals surface area (Å²) in [4.78, 5) is 4.12. The maximum absolute atomic E-state index is 4.97. The van der Waals surface area contributed by atoms with Gasteiger partial charge in [-0.25, -0.2) is 0 Å². The Labute approximate surface area is 74.0 Å². The van der Waals surface area contributed by atoms with Crippen LogP contribution >= 0.6 is 0 Å². The van der Waals surface area contributed by atoms with Crippen LogP contribution in [0.3, 0.4) is 0 Å². The number of hydrogen-bond donors (Lipinski definition) is 0. The van der Waals surface area contributed by atoms with Crippen LogP contribution in [0.4, 0.5) is 0 Å². The number of ether oxygens (including phenoxy) is 1. The van der Waals surface area contributed by atoms with E-state index in [4.69, 9.17) is 4.74 Å². The molecule has 0 aromatic rings. The Balaban J connectivity index is 4.70.